The maximum atomic E-state index is 12.4. The summed E-state index contributed by atoms with van der Waals surface area (Å²) < 4.78 is 0. The van der Waals surface area contributed by atoms with Gasteiger partial charge in [-0.05, 0) is 29.3 Å². The van der Waals surface area contributed by atoms with Gasteiger partial charge in [-0.3, -0.25) is 19.5 Å². The zero-order chi connectivity index (χ0) is 16.9. The Balaban J connectivity index is 1.72. The zero-order valence-corrected chi connectivity index (χ0v) is 12.9. The number of hydrogen-bond donors (Lipinski definition) is 2. The van der Waals surface area contributed by atoms with E-state index in [2.05, 4.69) is 15.6 Å². The van der Waals surface area contributed by atoms with Crippen LogP contribution in [0.4, 0.5) is 4.79 Å². The predicted octanol–water partition coefficient (Wildman–Crippen LogP) is 1.06. The number of urea groups is 1. The lowest BCUT2D eigenvalue weighted by atomic mass is 10.1. The van der Waals surface area contributed by atoms with Crippen molar-refractivity contribution >= 4 is 17.8 Å². The van der Waals surface area contributed by atoms with Crippen molar-refractivity contribution in [2.75, 3.05) is 6.54 Å². The third-order valence-corrected chi connectivity index (χ3v) is 3.73. The van der Waals surface area contributed by atoms with Crippen molar-refractivity contribution in [2.24, 2.45) is 0 Å². The molecule has 3 rings (SSSR count). The Hall–Kier alpha value is -3.22. The average Bonchev–Trinajstić information content (AvgIpc) is 2.93. The third-order valence-electron chi connectivity index (χ3n) is 3.73. The number of rotatable bonds is 5. The second-order valence-electron chi connectivity index (χ2n) is 5.33. The molecule has 0 bridgehead atoms. The van der Waals surface area contributed by atoms with Crippen LogP contribution in [0.5, 0.6) is 0 Å². The lowest BCUT2D eigenvalue weighted by Gasteiger charge is -2.15. The number of carbonyl (C=O) groups excluding carboxylic acids is 3. The highest BCUT2D eigenvalue weighted by Gasteiger charge is 2.29. The fourth-order valence-corrected chi connectivity index (χ4v) is 2.44. The van der Waals surface area contributed by atoms with Gasteiger partial charge in [-0.2, -0.15) is 0 Å². The number of hydrogen-bond acceptors (Lipinski definition) is 4. The van der Waals surface area contributed by atoms with Gasteiger partial charge in [0.25, 0.3) is 5.91 Å². The Labute approximate surface area is 138 Å². The van der Waals surface area contributed by atoms with Gasteiger partial charge >= 0.3 is 6.03 Å². The summed E-state index contributed by atoms with van der Waals surface area (Å²) in [6, 6.07) is 10.1. The Morgan fingerprint density at radius 3 is 2.62 bits per heavy atom. The summed E-state index contributed by atoms with van der Waals surface area (Å²) in [6.45, 7) is 0.442. The van der Waals surface area contributed by atoms with Crippen LogP contribution in [0.25, 0.3) is 0 Å². The van der Waals surface area contributed by atoms with Crippen LogP contribution in [-0.2, 0) is 17.9 Å². The largest absolute Gasteiger partial charge is 0.348 e. The first kappa shape index (κ1) is 15.7. The normalized spacial score (nSPS) is 13.8. The van der Waals surface area contributed by atoms with E-state index < -0.39 is 6.03 Å². The highest BCUT2D eigenvalue weighted by Crippen LogP contribution is 2.14. The van der Waals surface area contributed by atoms with Crippen molar-refractivity contribution in [3.8, 4) is 0 Å². The number of benzene rings is 1. The summed E-state index contributed by atoms with van der Waals surface area (Å²) >= 11 is 0. The molecule has 0 radical (unpaired) electrons. The van der Waals surface area contributed by atoms with Crippen LogP contribution in [-0.4, -0.2) is 34.3 Å². The lowest BCUT2D eigenvalue weighted by molar-refractivity contribution is -0.125. The molecular formula is C17H16N4O3. The number of amides is 4. The first-order chi connectivity index (χ1) is 11.6. The molecule has 1 saturated heterocycles. The summed E-state index contributed by atoms with van der Waals surface area (Å²) in [4.78, 5) is 40.9. The van der Waals surface area contributed by atoms with E-state index in [9.17, 15) is 14.4 Å². The van der Waals surface area contributed by atoms with Gasteiger partial charge < -0.3 is 10.6 Å². The van der Waals surface area contributed by atoms with Crippen molar-refractivity contribution in [3.63, 3.8) is 0 Å². The first-order valence-corrected chi connectivity index (χ1v) is 7.48. The van der Waals surface area contributed by atoms with Crippen LogP contribution < -0.4 is 10.6 Å². The number of pyridine rings is 1. The Morgan fingerprint density at radius 1 is 1.17 bits per heavy atom. The third kappa shape index (κ3) is 3.40. The van der Waals surface area contributed by atoms with Gasteiger partial charge in [-0.25, -0.2) is 4.79 Å². The van der Waals surface area contributed by atoms with Gasteiger partial charge in [0.15, 0.2) is 0 Å². The maximum absolute atomic E-state index is 12.4. The minimum Gasteiger partial charge on any atom is -0.348 e. The van der Waals surface area contributed by atoms with Gasteiger partial charge in [0.2, 0.25) is 5.91 Å². The van der Waals surface area contributed by atoms with Crippen molar-refractivity contribution < 1.29 is 14.4 Å². The quantitative estimate of drug-likeness (QED) is 0.805. The standard InChI is InChI=1S/C17H16N4O3/c22-15-10-20-17(24)21(15)11-13-3-1-2-4-14(13)16(23)19-9-12-5-7-18-8-6-12/h1-8H,9-11H2,(H,19,23)(H,20,24). The van der Waals surface area contributed by atoms with Gasteiger partial charge in [0, 0.05) is 24.5 Å². The van der Waals surface area contributed by atoms with Crippen molar-refractivity contribution in [1.29, 1.82) is 0 Å². The number of aromatic nitrogens is 1. The van der Waals surface area contributed by atoms with E-state index in [1.54, 1.807) is 36.7 Å². The molecule has 24 heavy (non-hydrogen) atoms. The molecule has 2 heterocycles. The summed E-state index contributed by atoms with van der Waals surface area (Å²) in [7, 11) is 0. The highest BCUT2D eigenvalue weighted by atomic mass is 16.2. The van der Waals surface area contributed by atoms with E-state index in [0.29, 0.717) is 17.7 Å². The second-order valence-corrected chi connectivity index (χ2v) is 5.33. The topological polar surface area (TPSA) is 91.4 Å². The molecule has 1 aromatic heterocycles. The van der Waals surface area contributed by atoms with E-state index in [1.807, 2.05) is 12.1 Å². The van der Waals surface area contributed by atoms with Crippen LogP contribution in [0.15, 0.2) is 48.8 Å². The molecule has 0 unspecified atom stereocenters. The minimum atomic E-state index is -0.438. The van der Waals surface area contributed by atoms with E-state index in [0.717, 1.165) is 10.5 Å². The fourth-order valence-electron chi connectivity index (χ4n) is 2.44. The molecule has 7 heteroatoms. The molecule has 0 saturated carbocycles. The molecule has 7 nitrogen and oxygen atoms in total. The summed E-state index contributed by atoms with van der Waals surface area (Å²) in [6.07, 6.45) is 3.32. The smallest absolute Gasteiger partial charge is 0.324 e. The minimum absolute atomic E-state index is 0.00472. The molecular weight excluding hydrogens is 308 g/mol. The molecule has 4 amide bonds. The SMILES string of the molecule is O=C(NCc1ccncc1)c1ccccc1CN1C(=O)CNC1=O. The zero-order valence-electron chi connectivity index (χ0n) is 12.9. The Bertz CT molecular complexity index is 760. The first-order valence-electron chi connectivity index (χ1n) is 7.48. The molecule has 1 aromatic carbocycles. The van der Waals surface area contributed by atoms with Crippen LogP contribution in [0, 0.1) is 0 Å². The van der Waals surface area contributed by atoms with E-state index in [1.165, 1.54) is 0 Å². The number of nitrogens with one attached hydrogen (secondary N) is 2. The van der Waals surface area contributed by atoms with Crippen LogP contribution in [0.2, 0.25) is 0 Å². The molecule has 1 fully saturated rings. The fraction of sp³-hybridized carbons (Fsp3) is 0.176. The van der Waals surface area contributed by atoms with Crippen LogP contribution in [0.3, 0.4) is 0 Å². The molecule has 0 atom stereocenters. The van der Waals surface area contributed by atoms with Gasteiger partial charge in [-0.15, -0.1) is 0 Å². The van der Waals surface area contributed by atoms with Crippen molar-refractivity contribution in [2.45, 2.75) is 13.1 Å². The van der Waals surface area contributed by atoms with Crippen LogP contribution >= 0.6 is 0 Å². The molecule has 2 N–H and O–H groups in total. The molecule has 0 aliphatic carbocycles. The maximum Gasteiger partial charge on any atom is 0.324 e. The van der Waals surface area contributed by atoms with Gasteiger partial charge in [0.1, 0.15) is 0 Å². The summed E-state index contributed by atoms with van der Waals surface area (Å²) in [5.41, 5.74) is 2.00. The van der Waals surface area contributed by atoms with E-state index >= 15 is 0 Å². The van der Waals surface area contributed by atoms with Crippen molar-refractivity contribution in [3.05, 3.63) is 65.5 Å². The number of nitrogens with zero attached hydrogens (tertiary/aromatic N) is 2. The molecule has 1 aliphatic heterocycles. The summed E-state index contributed by atoms with van der Waals surface area (Å²) in [5, 5.41) is 5.30. The van der Waals surface area contributed by atoms with Crippen molar-refractivity contribution in [1.82, 2.24) is 20.5 Å². The van der Waals surface area contributed by atoms with Crippen LogP contribution in [0.1, 0.15) is 21.5 Å². The second kappa shape index (κ2) is 6.91. The Kier molecular flexibility index (Phi) is 4.51. The van der Waals surface area contributed by atoms with E-state index in [4.69, 9.17) is 0 Å². The molecule has 0 spiro atoms. The predicted molar refractivity (Wildman–Crippen MR) is 85.8 cm³/mol. The average molecular weight is 324 g/mol. The number of imide groups is 1. The lowest BCUT2D eigenvalue weighted by Crippen LogP contribution is -2.32. The Morgan fingerprint density at radius 2 is 1.92 bits per heavy atom. The summed E-state index contributed by atoms with van der Waals surface area (Å²) in [5.74, 6) is -0.554. The number of carbonyl (C=O) groups is 3. The van der Waals surface area contributed by atoms with Gasteiger partial charge in [-0.1, -0.05) is 18.2 Å². The van der Waals surface area contributed by atoms with E-state index in [-0.39, 0.29) is 24.9 Å². The molecule has 122 valence electrons. The monoisotopic (exact) mass is 324 g/mol. The molecule has 2 aromatic rings. The highest BCUT2D eigenvalue weighted by molar-refractivity contribution is 6.02. The molecule has 1 aliphatic rings. The van der Waals surface area contributed by atoms with Gasteiger partial charge in [0.05, 0.1) is 13.1 Å².